The van der Waals surface area contributed by atoms with Crippen molar-refractivity contribution in [2.24, 2.45) is 0 Å². The Kier molecular flexibility index (Phi) is 6.39. The Morgan fingerprint density at radius 2 is 1.31 bits per heavy atom. The SMILES string of the molecule is CNC(=O)NCCCNC(=O)NC. The normalized spacial score (nSPS) is 8.77. The van der Waals surface area contributed by atoms with Crippen molar-refractivity contribution < 1.29 is 9.59 Å². The minimum atomic E-state index is -0.208. The van der Waals surface area contributed by atoms with Crippen molar-refractivity contribution in [3.05, 3.63) is 0 Å². The highest BCUT2D eigenvalue weighted by molar-refractivity contribution is 5.73. The molecule has 4 amide bonds. The predicted molar refractivity (Wildman–Crippen MR) is 49.5 cm³/mol. The zero-order valence-corrected chi connectivity index (χ0v) is 7.94. The van der Waals surface area contributed by atoms with E-state index in [4.69, 9.17) is 0 Å². The highest BCUT2D eigenvalue weighted by Gasteiger charge is 1.96. The maximum Gasteiger partial charge on any atom is 0.314 e. The molecule has 0 heterocycles. The summed E-state index contributed by atoms with van der Waals surface area (Å²) in [4.78, 5) is 21.3. The fourth-order valence-corrected chi connectivity index (χ4v) is 0.669. The molecular weight excluding hydrogens is 172 g/mol. The van der Waals surface area contributed by atoms with Crippen molar-refractivity contribution in [3.63, 3.8) is 0 Å². The van der Waals surface area contributed by atoms with E-state index in [9.17, 15) is 9.59 Å². The third kappa shape index (κ3) is 6.92. The summed E-state index contributed by atoms with van der Waals surface area (Å²) in [6.07, 6.45) is 0.709. The highest BCUT2D eigenvalue weighted by atomic mass is 16.2. The maximum atomic E-state index is 10.6. The molecular formula is C7H16N4O2. The van der Waals surface area contributed by atoms with Crippen LogP contribution in [0.3, 0.4) is 0 Å². The summed E-state index contributed by atoms with van der Waals surface area (Å²) in [5.74, 6) is 0. The summed E-state index contributed by atoms with van der Waals surface area (Å²) < 4.78 is 0. The third-order valence-corrected chi connectivity index (χ3v) is 1.38. The molecule has 0 aromatic carbocycles. The van der Waals surface area contributed by atoms with Crippen molar-refractivity contribution in [3.8, 4) is 0 Å². The molecule has 0 spiro atoms. The van der Waals surface area contributed by atoms with Gasteiger partial charge < -0.3 is 21.3 Å². The average molecular weight is 188 g/mol. The lowest BCUT2D eigenvalue weighted by Crippen LogP contribution is -2.37. The number of carbonyl (C=O) groups excluding carboxylic acids is 2. The molecule has 0 aromatic heterocycles. The van der Waals surface area contributed by atoms with Crippen LogP contribution in [0.15, 0.2) is 0 Å². The van der Waals surface area contributed by atoms with E-state index in [1.807, 2.05) is 0 Å². The van der Waals surface area contributed by atoms with Gasteiger partial charge in [-0.1, -0.05) is 0 Å². The summed E-state index contributed by atoms with van der Waals surface area (Å²) in [7, 11) is 3.11. The largest absolute Gasteiger partial charge is 0.341 e. The molecule has 0 bridgehead atoms. The van der Waals surface area contributed by atoms with E-state index in [0.29, 0.717) is 19.5 Å². The number of hydrogen-bond acceptors (Lipinski definition) is 2. The standard InChI is InChI=1S/C7H16N4O2/c1-8-6(12)10-4-3-5-11-7(13)9-2/h3-5H2,1-2H3,(H2,8,10,12)(H2,9,11,13). The molecule has 0 aromatic rings. The molecule has 0 rings (SSSR count). The van der Waals surface area contributed by atoms with Crippen LogP contribution in [0.25, 0.3) is 0 Å². The highest BCUT2D eigenvalue weighted by Crippen LogP contribution is 1.73. The zero-order valence-electron chi connectivity index (χ0n) is 7.94. The molecule has 0 saturated heterocycles. The van der Waals surface area contributed by atoms with Crippen LogP contribution in [-0.2, 0) is 0 Å². The van der Waals surface area contributed by atoms with Crippen molar-refractivity contribution >= 4 is 12.1 Å². The topological polar surface area (TPSA) is 82.3 Å². The van der Waals surface area contributed by atoms with E-state index in [0.717, 1.165) is 0 Å². The van der Waals surface area contributed by atoms with Gasteiger partial charge in [0, 0.05) is 27.2 Å². The molecule has 4 N–H and O–H groups in total. The molecule has 76 valence electrons. The average Bonchev–Trinajstić information content (AvgIpc) is 2.16. The first-order valence-electron chi connectivity index (χ1n) is 4.12. The van der Waals surface area contributed by atoms with Gasteiger partial charge in [-0.25, -0.2) is 9.59 Å². The molecule has 6 heteroatoms. The van der Waals surface area contributed by atoms with Crippen LogP contribution in [-0.4, -0.2) is 39.2 Å². The fraction of sp³-hybridized carbons (Fsp3) is 0.714. The number of urea groups is 2. The van der Waals surface area contributed by atoms with Crippen LogP contribution in [0.5, 0.6) is 0 Å². The van der Waals surface area contributed by atoms with Crippen molar-refractivity contribution in [1.82, 2.24) is 21.3 Å². The number of rotatable bonds is 4. The van der Waals surface area contributed by atoms with E-state index in [1.165, 1.54) is 0 Å². The van der Waals surface area contributed by atoms with Gasteiger partial charge in [0.15, 0.2) is 0 Å². The lowest BCUT2D eigenvalue weighted by atomic mass is 10.4. The zero-order chi connectivity index (χ0) is 10.1. The molecule has 0 aliphatic rings. The molecule has 0 saturated carbocycles. The van der Waals surface area contributed by atoms with Gasteiger partial charge in [-0.3, -0.25) is 0 Å². The smallest absolute Gasteiger partial charge is 0.314 e. The third-order valence-electron chi connectivity index (χ3n) is 1.38. The van der Waals surface area contributed by atoms with Crippen LogP contribution in [0.1, 0.15) is 6.42 Å². The van der Waals surface area contributed by atoms with Crippen molar-refractivity contribution in [1.29, 1.82) is 0 Å². The van der Waals surface area contributed by atoms with Gasteiger partial charge >= 0.3 is 12.1 Å². The van der Waals surface area contributed by atoms with Crippen LogP contribution in [0, 0.1) is 0 Å². The van der Waals surface area contributed by atoms with E-state index in [-0.39, 0.29) is 12.1 Å². The van der Waals surface area contributed by atoms with Crippen molar-refractivity contribution in [2.75, 3.05) is 27.2 Å². The monoisotopic (exact) mass is 188 g/mol. The minimum Gasteiger partial charge on any atom is -0.341 e. The Morgan fingerprint density at radius 1 is 0.923 bits per heavy atom. The molecule has 6 nitrogen and oxygen atoms in total. The Labute approximate surface area is 77.5 Å². The molecule has 0 radical (unpaired) electrons. The fourth-order valence-electron chi connectivity index (χ4n) is 0.669. The number of nitrogens with one attached hydrogen (secondary N) is 4. The van der Waals surface area contributed by atoms with E-state index < -0.39 is 0 Å². The van der Waals surface area contributed by atoms with Crippen LogP contribution >= 0.6 is 0 Å². The van der Waals surface area contributed by atoms with E-state index in [1.54, 1.807) is 14.1 Å². The maximum absolute atomic E-state index is 10.6. The summed E-state index contributed by atoms with van der Waals surface area (Å²) in [6.45, 7) is 1.09. The lowest BCUT2D eigenvalue weighted by Gasteiger charge is -2.05. The second-order valence-electron chi connectivity index (χ2n) is 2.37. The van der Waals surface area contributed by atoms with Crippen LogP contribution in [0.4, 0.5) is 9.59 Å². The second kappa shape index (κ2) is 7.20. The summed E-state index contributed by atoms with van der Waals surface area (Å²) in [5, 5.41) is 10.1. The second-order valence-corrected chi connectivity index (χ2v) is 2.37. The first kappa shape index (κ1) is 11.5. The molecule has 0 unspecified atom stereocenters. The van der Waals surface area contributed by atoms with Gasteiger partial charge in [0.05, 0.1) is 0 Å². The van der Waals surface area contributed by atoms with Gasteiger partial charge in [-0.2, -0.15) is 0 Å². The number of hydrogen-bond donors (Lipinski definition) is 4. The quantitative estimate of drug-likeness (QED) is 0.437. The van der Waals surface area contributed by atoms with Crippen molar-refractivity contribution in [2.45, 2.75) is 6.42 Å². The Hall–Kier alpha value is -1.46. The van der Waals surface area contributed by atoms with E-state index >= 15 is 0 Å². The van der Waals surface area contributed by atoms with E-state index in [2.05, 4.69) is 21.3 Å². The molecule has 0 fully saturated rings. The Balaban J connectivity index is 3.17. The van der Waals surface area contributed by atoms with Gasteiger partial charge in [0.2, 0.25) is 0 Å². The van der Waals surface area contributed by atoms with Gasteiger partial charge in [0.25, 0.3) is 0 Å². The van der Waals surface area contributed by atoms with Gasteiger partial charge in [-0.15, -0.1) is 0 Å². The molecule has 0 aliphatic heterocycles. The molecule has 13 heavy (non-hydrogen) atoms. The first-order chi connectivity index (χ1) is 6.20. The summed E-state index contributed by atoms with van der Waals surface area (Å²) >= 11 is 0. The Morgan fingerprint density at radius 3 is 1.62 bits per heavy atom. The van der Waals surface area contributed by atoms with Crippen LogP contribution in [0.2, 0.25) is 0 Å². The number of amides is 4. The van der Waals surface area contributed by atoms with Crippen LogP contribution < -0.4 is 21.3 Å². The molecule has 0 aliphatic carbocycles. The minimum absolute atomic E-state index is 0.208. The summed E-state index contributed by atoms with van der Waals surface area (Å²) in [6, 6.07) is -0.417. The lowest BCUT2D eigenvalue weighted by molar-refractivity contribution is 0.241. The van der Waals surface area contributed by atoms with Gasteiger partial charge in [-0.05, 0) is 6.42 Å². The predicted octanol–water partition coefficient (Wildman–Crippen LogP) is -0.765. The molecule has 0 atom stereocenters. The number of carbonyl (C=O) groups is 2. The van der Waals surface area contributed by atoms with Gasteiger partial charge in [0.1, 0.15) is 0 Å². The summed E-state index contributed by atoms with van der Waals surface area (Å²) in [5.41, 5.74) is 0. The Bertz CT molecular complexity index is 154. The first-order valence-corrected chi connectivity index (χ1v) is 4.12.